The molecule has 35 heavy (non-hydrogen) atoms. The molecular formula is C31H59ClN2O. The molecule has 0 N–H and O–H groups in total. The first-order valence-corrected chi connectivity index (χ1v) is 14.9. The van der Waals surface area contributed by atoms with Gasteiger partial charge in [-0.2, -0.15) is 0 Å². The maximum Gasteiger partial charge on any atom is 0.140 e. The van der Waals surface area contributed by atoms with E-state index in [9.17, 15) is 0 Å². The normalized spacial score (nSPS) is 11.5. The summed E-state index contributed by atoms with van der Waals surface area (Å²) >= 11 is 0. The molecule has 0 aliphatic carbocycles. The van der Waals surface area contributed by atoms with Crippen molar-refractivity contribution in [3.63, 3.8) is 0 Å². The van der Waals surface area contributed by atoms with Gasteiger partial charge in [-0.05, 0) is 38.3 Å². The van der Waals surface area contributed by atoms with Crippen molar-refractivity contribution in [2.24, 2.45) is 0 Å². The fourth-order valence-electron chi connectivity index (χ4n) is 4.77. The molecule has 1 aromatic rings. The first-order valence-electron chi connectivity index (χ1n) is 14.9. The van der Waals surface area contributed by atoms with Crippen molar-refractivity contribution in [3.8, 4) is 5.75 Å². The highest BCUT2D eigenvalue weighted by Crippen LogP contribution is 2.19. The molecule has 1 rings (SSSR count). The molecule has 0 amide bonds. The Morgan fingerprint density at radius 2 is 1.11 bits per heavy atom. The Hall–Kier alpha value is -0.800. The average Bonchev–Trinajstić information content (AvgIpc) is 2.80. The van der Waals surface area contributed by atoms with Crippen LogP contribution in [0.2, 0.25) is 0 Å². The minimum Gasteiger partial charge on any atom is -1.00 e. The lowest BCUT2D eigenvalue weighted by Crippen LogP contribution is -3.00. The van der Waals surface area contributed by atoms with Gasteiger partial charge in [-0.15, -0.1) is 0 Å². The summed E-state index contributed by atoms with van der Waals surface area (Å²) in [6.07, 6.45) is 25.1. The van der Waals surface area contributed by atoms with E-state index < -0.39 is 0 Å². The summed E-state index contributed by atoms with van der Waals surface area (Å²) in [7, 11) is 4.68. The molecule has 0 atom stereocenters. The largest absolute Gasteiger partial charge is 1.00 e. The fraction of sp³-hybridized carbons (Fsp3) is 0.839. The molecule has 0 saturated heterocycles. The number of halogens is 1. The van der Waals surface area contributed by atoms with Gasteiger partial charge in [0, 0.05) is 0 Å². The van der Waals surface area contributed by atoms with Gasteiger partial charge >= 0.3 is 0 Å². The number of nitrogens with zero attached hydrogens (tertiary/aromatic N) is 2. The second kappa shape index (κ2) is 22.4. The Labute approximate surface area is 225 Å². The van der Waals surface area contributed by atoms with Gasteiger partial charge in [0.05, 0.1) is 38.6 Å². The predicted molar refractivity (Wildman–Crippen MR) is 150 cm³/mol. The molecule has 0 unspecified atom stereocenters. The van der Waals surface area contributed by atoms with Gasteiger partial charge in [-0.25, -0.2) is 4.98 Å². The molecule has 0 radical (unpaired) electrons. The van der Waals surface area contributed by atoms with Crippen molar-refractivity contribution in [2.75, 3.05) is 27.2 Å². The van der Waals surface area contributed by atoms with E-state index in [2.05, 4.69) is 47.0 Å². The van der Waals surface area contributed by atoms with Gasteiger partial charge in [0.25, 0.3) is 0 Å². The van der Waals surface area contributed by atoms with Crippen LogP contribution in [0, 0.1) is 6.92 Å². The first-order chi connectivity index (χ1) is 16.5. The monoisotopic (exact) mass is 510 g/mol. The van der Waals surface area contributed by atoms with Gasteiger partial charge in [0.15, 0.2) is 0 Å². The quantitative estimate of drug-likeness (QED) is 0.125. The minimum atomic E-state index is 0. The van der Waals surface area contributed by atoms with E-state index in [-0.39, 0.29) is 12.4 Å². The molecule has 3 nitrogen and oxygen atoms in total. The topological polar surface area (TPSA) is 22.1 Å². The van der Waals surface area contributed by atoms with Crippen molar-refractivity contribution in [1.29, 1.82) is 0 Å². The fourth-order valence-corrected chi connectivity index (χ4v) is 4.77. The third-order valence-corrected chi connectivity index (χ3v) is 7.06. The van der Waals surface area contributed by atoms with Crippen LogP contribution in [0.3, 0.4) is 0 Å². The third-order valence-electron chi connectivity index (χ3n) is 7.06. The summed E-state index contributed by atoms with van der Waals surface area (Å²) in [5.41, 5.74) is 2.21. The van der Waals surface area contributed by atoms with Gasteiger partial charge in [0.2, 0.25) is 0 Å². The zero-order valence-corrected chi connectivity index (χ0v) is 24.9. The van der Waals surface area contributed by atoms with E-state index >= 15 is 0 Å². The Kier molecular flexibility index (Phi) is 21.9. The van der Waals surface area contributed by atoms with Crippen LogP contribution in [0.15, 0.2) is 12.1 Å². The lowest BCUT2D eigenvalue weighted by molar-refractivity contribution is -0.904. The molecule has 0 bridgehead atoms. The van der Waals surface area contributed by atoms with Crippen LogP contribution in [0.25, 0.3) is 0 Å². The minimum absolute atomic E-state index is 0. The second-order valence-electron chi connectivity index (χ2n) is 11.2. The van der Waals surface area contributed by atoms with Crippen molar-refractivity contribution < 1.29 is 21.6 Å². The maximum absolute atomic E-state index is 5.86. The Morgan fingerprint density at radius 3 is 1.57 bits per heavy atom. The molecule has 206 valence electrons. The smallest absolute Gasteiger partial charge is 0.140 e. The van der Waals surface area contributed by atoms with Crippen LogP contribution in [0.5, 0.6) is 5.75 Å². The van der Waals surface area contributed by atoms with Crippen LogP contribution in [0.4, 0.5) is 0 Å². The Morgan fingerprint density at radius 1 is 0.657 bits per heavy atom. The van der Waals surface area contributed by atoms with Crippen LogP contribution in [-0.4, -0.2) is 36.7 Å². The van der Waals surface area contributed by atoms with Crippen molar-refractivity contribution in [2.45, 2.75) is 143 Å². The molecule has 1 heterocycles. The highest BCUT2D eigenvalue weighted by Gasteiger charge is 2.17. The van der Waals surface area contributed by atoms with Crippen molar-refractivity contribution >= 4 is 0 Å². The number of aromatic nitrogens is 1. The van der Waals surface area contributed by atoms with E-state index in [1.807, 2.05) is 0 Å². The molecule has 0 saturated carbocycles. The highest BCUT2D eigenvalue weighted by molar-refractivity contribution is 5.28. The van der Waals surface area contributed by atoms with E-state index in [1.165, 1.54) is 115 Å². The molecular weight excluding hydrogens is 452 g/mol. The van der Waals surface area contributed by atoms with E-state index in [0.717, 1.165) is 41.9 Å². The number of hydrogen-bond donors (Lipinski definition) is 0. The zero-order chi connectivity index (χ0) is 24.9. The lowest BCUT2D eigenvalue weighted by atomic mass is 10.0. The molecule has 0 aliphatic heterocycles. The number of pyridine rings is 1. The maximum atomic E-state index is 5.86. The zero-order valence-electron chi connectivity index (χ0n) is 24.2. The molecule has 1 aromatic heterocycles. The van der Waals surface area contributed by atoms with E-state index in [0.29, 0.717) is 0 Å². The summed E-state index contributed by atoms with van der Waals surface area (Å²) < 4.78 is 6.87. The van der Waals surface area contributed by atoms with Gasteiger partial charge in [-0.1, -0.05) is 110 Å². The average molecular weight is 511 g/mol. The standard InChI is InChI=1S/C31H59N2O.ClH/c1-6-8-10-11-12-13-14-15-16-17-18-19-20-21-22-23-26-33(4,5)28-30-24-25-31(29(3)32-30)34-27-9-7-2;/h24-25H,6-23,26-28H2,1-5H3;1H/q+1;/p-1. The number of rotatable bonds is 23. The molecule has 0 fully saturated rings. The van der Waals surface area contributed by atoms with Crippen molar-refractivity contribution in [1.82, 2.24) is 4.98 Å². The number of unbranched alkanes of at least 4 members (excludes halogenated alkanes) is 16. The van der Waals surface area contributed by atoms with Gasteiger partial charge < -0.3 is 21.6 Å². The van der Waals surface area contributed by atoms with Crippen LogP contribution < -0.4 is 17.1 Å². The molecule has 4 heteroatoms. The summed E-state index contributed by atoms with van der Waals surface area (Å²) in [5.74, 6) is 0.945. The number of hydrogen-bond acceptors (Lipinski definition) is 2. The van der Waals surface area contributed by atoms with Crippen molar-refractivity contribution in [3.05, 3.63) is 23.5 Å². The highest BCUT2D eigenvalue weighted by atomic mass is 35.5. The molecule has 0 spiro atoms. The lowest BCUT2D eigenvalue weighted by Gasteiger charge is -2.29. The Balaban J connectivity index is 0.0000116. The second-order valence-corrected chi connectivity index (χ2v) is 11.2. The van der Waals surface area contributed by atoms with Gasteiger partial charge in [-0.3, -0.25) is 0 Å². The molecule has 0 aliphatic rings. The van der Waals surface area contributed by atoms with Crippen LogP contribution in [0.1, 0.15) is 141 Å². The van der Waals surface area contributed by atoms with Crippen LogP contribution in [-0.2, 0) is 6.54 Å². The number of ether oxygens (including phenoxy) is 1. The summed E-state index contributed by atoms with van der Waals surface area (Å²) in [6, 6.07) is 4.27. The van der Waals surface area contributed by atoms with Crippen LogP contribution >= 0.6 is 0 Å². The number of quaternary nitrogens is 1. The summed E-state index contributed by atoms with van der Waals surface area (Å²) in [5, 5.41) is 0. The van der Waals surface area contributed by atoms with E-state index in [4.69, 9.17) is 9.72 Å². The van der Waals surface area contributed by atoms with Gasteiger partial charge in [0.1, 0.15) is 12.3 Å². The summed E-state index contributed by atoms with van der Waals surface area (Å²) in [4.78, 5) is 4.82. The first kappa shape index (κ1) is 34.2. The predicted octanol–water partition coefficient (Wildman–Crippen LogP) is 6.41. The Bertz CT molecular complexity index is 606. The summed E-state index contributed by atoms with van der Waals surface area (Å²) in [6.45, 7) is 9.57. The van der Waals surface area contributed by atoms with E-state index in [1.54, 1.807) is 0 Å². The number of aryl methyl sites for hydroxylation is 1. The third kappa shape index (κ3) is 19.0. The SMILES string of the molecule is CCCCCCCCCCCCCCCCCC[N+](C)(C)Cc1ccc(OCCCC)c(C)n1.[Cl-]. The molecule has 0 aromatic carbocycles.